The summed E-state index contributed by atoms with van der Waals surface area (Å²) in [6, 6.07) is 6.76. The number of aliphatic hydroxyl groups excluding tert-OH is 1. The van der Waals surface area contributed by atoms with Crippen molar-refractivity contribution in [2.45, 2.75) is 5.60 Å². The fourth-order valence-electron chi connectivity index (χ4n) is 1.46. The van der Waals surface area contributed by atoms with Crippen LogP contribution in [-0.4, -0.2) is 22.7 Å². The summed E-state index contributed by atoms with van der Waals surface area (Å²) in [4.78, 5) is 11.3. The Morgan fingerprint density at radius 3 is 2.77 bits per heavy atom. The Hall–Kier alpha value is -1.39. The van der Waals surface area contributed by atoms with Gasteiger partial charge in [0.1, 0.15) is 0 Å². The van der Waals surface area contributed by atoms with E-state index in [0.717, 1.165) is 0 Å². The van der Waals surface area contributed by atoms with Gasteiger partial charge in [-0.1, -0.05) is 18.2 Å². The number of benzene rings is 1. The van der Waals surface area contributed by atoms with Gasteiger partial charge >= 0.3 is 0 Å². The Kier molecular flexibility index (Phi) is 1.61. The van der Waals surface area contributed by atoms with Crippen LogP contribution in [0.5, 0.6) is 0 Å². The highest BCUT2D eigenvalue weighted by atomic mass is 16.3. The quantitative estimate of drug-likeness (QED) is 0.560. The Morgan fingerprint density at radius 2 is 2.08 bits per heavy atom. The van der Waals surface area contributed by atoms with E-state index >= 15 is 0 Å². The molecule has 13 heavy (non-hydrogen) atoms. The maximum atomic E-state index is 11.3. The average Bonchev–Trinajstić information content (AvgIpc) is 2.41. The van der Waals surface area contributed by atoms with Crippen molar-refractivity contribution >= 4 is 11.6 Å². The van der Waals surface area contributed by atoms with Crippen LogP contribution in [-0.2, 0) is 10.4 Å². The predicted octanol–water partition coefficient (Wildman–Crippen LogP) is -0.181. The molecule has 68 valence electrons. The molecule has 1 amide bonds. The van der Waals surface area contributed by atoms with Crippen LogP contribution < -0.4 is 5.32 Å². The molecule has 1 aliphatic rings. The molecule has 2 rings (SSSR count). The van der Waals surface area contributed by atoms with E-state index < -0.39 is 18.1 Å². The van der Waals surface area contributed by atoms with Crippen molar-refractivity contribution in [2.24, 2.45) is 0 Å². The van der Waals surface area contributed by atoms with Gasteiger partial charge < -0.3 is 15.5 Å². The smallest absolute Gasteiger partial charge is 0.263 e. The number of anilines is 1. The fraction of sp³-hybridized carbons (Fsp3) is 0.222. The van der Waals surface area contributed by atoms with Gasteiger partial charge in [0, 0.05) is 11.3 Å². The number of rotatable bonds is 1. The SMILES string of the molecule is O=C1Nc2ccccc2[C@]1(O)CO. The van der Waals surface area contributed by atoms with Gasteiger partial charge in [-0.25, -0.2) is 0 Å². The van der Waals surface area contributed by atoms with Gasteiger partial charge in [0.15, 0.2) is 5.60 Å². The molecular weight excluding hydrogens is 170 g/mol. The molecule has 0 saturated carbocycles. The molecular formula is C9H9NO3. The first kappa shape index (κ1) is 8.22. The van der Waals surface area contributed by atoms with E-state index in [0.29, 0.717) is 11.3 Å². The Morgan fingerprint density at radius 1 is 1.38 bits per heavy atom. The van der Waals surface area contributed by atoms with Crippen LogP contribution in [0.2, 0.25) is 0 Å². The van der Waals surface area contributed by atoms with Crippen molar-refractivity contribution < 1.29 is 15.0 Å². The highest BCUT2D eigenvalue weighted by Crippen LogP contribution is 2.34. The largest absolute Gasteiger partial charge is 0.392 e. The van der Waals surface area contributed by atoms with E-state index in [1.54, 1.807) is 24.3 Å². The van der Waals surface area contributed by atoms with E-state index in [1.165, 1.54) is 0 Å². The molecule has 1 aromatic rings. The lowest BCUT2D eigenvalue weighted by Crippen LogP contribution is -2.37. The summed E-state index contributed by atoms with van der Waals surface area (Å²) < 4.78 is 0. The maximum Gasteiger partial charge on any atom is 0.263 e. The molecule has 0 aliphatic carbocycles. The summed E-state index contributed by atoms with van der Waals surface area (Å²) in [6.07, 6.45) is 0. The molecule has 0 spiro atoms. The molecule has 0 aromatic heterocycles. The Balaban J connectivity index is 2.59. The minimum absolute atomic E-state index is 0.433. The van der Waals surface area contributed by atoms with Gasteiger partial charge in [0.05, 0.1) is 6.61 Å². The van der Waals surface area contributed by atoms with Gasteiger partial charge in [-0.3, -0.25) is 4.79 Å². The molecule has 0 radical (unpaired) electrons. The molecule has 1 heterocycles. The predicted molar refractivity (Wildman–Crippen MR) is 46.1 cm³/mol. The van der Waals surface area contributed by atoms with E-state index in [4.69, 9.17) is 5.11 Å². The van der Waals surface area contributed by atoms with Crippen LogP contribution in [0.25, 0.3) is 0 Å². The number of nitrogens with one attached hydrogen (secondary N) is 1. The van der Waals surface area contributed by atoms with E-state index in [9.17, 15) is 9.90 Å². The van der Waals surface area contributed by atoms with E-state index in [-0.39, 0.29) is 0 Å². The van der Waals surface area contributed by atoms with Crippen LogP contribution in [0.3, 0.4) is 0 Å². The van der Waals surface area contributed by atoms with E-state index in [1.807, 2.05) is 0 Å². The number of aliphatic hydroxyl groups is 2. The van der Waals surface area contributed by atoms with Gasteiger partial charge in [-0.15, -0.1) is 0 Å². The molecule has 0 fully saturated rings. The molecule has 1 aliphatic heterocycles. The zero-order valence-corrected chi connectivity index (χ0v) is 6.82. The lowest BCUT2D eigenvalue weighted by molar-refractivity contribution is -0.137. The number of carbonyl (C=O) groups excluding carboxylic acids is 1. The first-order chi connectivity index (χ1) is 6.18. The number of fused-ring (bicyclic) bond motifs is 1. The van der Waals surface area contributed by atoms with Gasteiger partial charge in [0.2, 0.25) is 0 Å². The number of amides is 1. The van der Waals surface area contributed by atoms with Crippen molar-refractivity contribution in [3.63, 3.8) is 0 Å². The van der Waals surface area contributed by atoms with Crippen LogP contribution in [0.4, 0.5) is 5.69 Å². The second kappa shape index (κ2) is 2.55. The number of hydrogen-bond donors (Lipinski definition) is 3. The second-order valence-electron chi connectivity index (χ2n) is 3.02. The normalized spacial score (nSPS) is 25.5. The average molecular weight is 179 g/mol. The summed E-state index contributed by atoms with van der Waals surface area (Å²) in [5, 5.41) is 21.2. The third-order valence-electron chi connectivity index (χ3n) is 2.23. The minimum Gasteiger partial charge on any atom is -0.392 e. The third kappa shape index (κ3) is 0.961. The molecule has 1 aromatic carbocycles. The van der Waals surface area contributed by atoms with Crippen molar-refractivity contribution in [2.75, 3.05) is 11.9 Å². The van der Waals surface area contributed by atoms with E-state index in [2.05, 4.69) is 5.32 Å². The molecule has 0 bridgehead atoms. The lowest BCUT2D eigenvalue weighted by Gasteiger charge is -2.16. The van der Waals surface area contributed by atoms with Crippen molar-refractivity contribution in [3.8, 4) is 0 Å². The summed E-state index contributed by atoms with van der Waals surface area (Å²) in [7, 11) is 0. The third-order valence-corrected chi connectivity index (χ3v) is 2.23. The summed E-state index contributed by atoms with van der Waals surface area (Å²) in [6.45, 7) is -0.601. The molecule has 1 atom stereocenters. The topological polar surface area (TPSA) is 69.6 Å². The Labute approximate surface area is 74.8 Å². The van der Waals surface area contributed by atoms with Gasteiger partial charge in [-0.05, 0) is 6.07 Å². The van der Waals surface area contributed by atoms with Crippen LogP contribution in [0.15, 0.2) is 24.3 Å². The zero-order chi connectivity index (χ0) is 9.47. The summed E-state index contributed by atoms with van der Waals surface area (Å²) >= 11 is 0. The molecule has 0 saturated heterocycles. The number of para-hydroxylation sites is 1. The Bertz CT molecular complexity index is 364. The van der Waals surface area contributed by atoms with Gasteiger partial charge in [0.25, 0.3) is 5.91 Å². The maximum absolute atomic E-state index is 11.3. The summed E-state index contributed by atoms with van der Waals surface area (Å²) in [5.41, 5.74) is -0.775. The molecule has 3 N–H and O–H groups in total. The van der Waals surface area contributed by atoms with Crippen LogP contribution in [0.1, 0.15) is 5.56 Å². The number of carbonyl (C=O) groups is 1. The standard InChI is InChI=1S/C9H9NO3/c11-5-9(13)6-3-1-2-4-7(6)10-8(9)12/h1-4,11,13H,5H2,(H,10,12)/t9-/m1/s1. The van der Waals surface area contributed by atoms with Crippen LogP contribution >= 0.6 is 0 Å². The van der Waals surface area contributed by atoms with Crippen molar-refractivity contribution in [1.82, 2.24) is 0 Å². The number of hydrogen-bond acceptors (Lipinski definition) is 3. The fourth-order valence-corrected chi connectivity index (χ4v) is 1.46. The lowest BCUT2D eigenvalue weighted by atomic mass is 9.97. The first-order valence-electron chi connectivity index (χ1n) is 3.92. The van der Waals surface area contributed by atoms with Crippen molar-refractivity contribution in [3.05, 3.63) is 29.8 Å². The van der Waals surface area contributed by atoms with Crippen molar-refractivity contribution in [1.29, 1.82) is 0 Å². The van der Waals surface area contributed by atoms with Crippen LogP contribution in [0, 0.1) is 0 Å². The molecule has 4 heteroatoms. The monoisotopic (exact) mass is 179 g/mol. The van der Waals surface area contributed by atoms with Gasteiger partial charge in [-0.2, -0.15) is 0 Å². The first-order valence-corrected chi connectivity index (χ1v) is 3.92. The highest BCUT2D eigenvalue weighted by molar-refractivity contribution is 6.04. The summed E-state index contributed by atoms with van der Waals surface area (Å²) in [5.74, 6) is -0.573. The molecule has 4 nitrogen and oxygen atoms in total. The second-order valence-corrected chi connectivity index (χ2v) is 3.02. The highest BCUT2D eigenvalue weighted by Gasteiger charge is 2.44. The minimum atomic E-state index is -1.77. The molecule has 0 unspecified atom stereocenters. The zero-order valence-electron chi connectivity index (χ0n) is 6.82.